The number of sulfone groups is 1. The van der Waals surface area contributed by atoms with Gasteiger partial charge in [0, 0.05) is 12.1 Å². The SMILES string of the molecule is O=C(N[C@H](N[C@@H]1CCS(=O)(=O)C1)C(Cl)(Cl)Cl)c1ccccc1[N+](=O)[O-]. The summed E-state index contributed by atoms with van der Waals surface area (Å²) < 4.78 is 21.1. The van der Waals surface area contributed by atoms with E-state index < -0.39 is 42.4 Å². The van der Waals surface area contributed by atoms with Crippen LogP contribution in [0.5, 0.6) is 0 Å². The number of para-hydroxylation sites is 1. The molecule has 1 amide bonds. The molecule has 1 fully saturated rings. The molecule has 1 aromatic carbocycles. The summed E-state index contributed by atoms with van der Waals surface area (Å²) in [6.07, 6.45) is -0.927. The monoisotopic (exact) mass is 429 g/mol. The van der Waals surface area contributed by atoms with Crippen LogP contribution >= 0.6 is 34.8 Å². The van der Waals surface area contributed by atoms with E-state index in [0.717, 1.165) is 0 Å². The van der Waals surface area contributed by atoms with Crippen LogP contribution in [0.1, 0.15) is 16.8 Å². The van der Waals surface area contributed by atoms with Crippen LogP contribution in [0.15, 0.2) is 24.3 Å². The van der Waals surface area contributed by atoms with Crippen LogP contribution in [0.3, 0.4) is 0 Å². The third-order valence-electron chi connectivity index (χ3n) is 3.58. The number of nitro groups is 1. The summed E-state index contributed by atoms with van der Waals surface area (Å²) in [5, 5.41) is 16.2. The lowest BCUT2D eigenvalue weighted by atomic mass is 10.1. The number of alkyl halides is 3. The van der Waals surface area contributed by atoms with Crippen molar-refractivity contribution in [1.29, 1.82) is 0 Å². The molecule has 1 heterocycles. The average Bonchev–Trinajstić information content (AvgIpc) is 2.84. The summed E-state index contributed by atoms with van der Waals surface area (Å²) >= 11 is 17.6. The lowest BCUT2D eigenvalue weighted by molar-refractivity contribution is -0.385. The molecule has 0 aromatic heterocycles. The van der Waals surface area contributed by atoms with Gasteiger partial charge in [0.1, 0.15) is 11.7 Å². The van der Waals surface area contributed by atoms with Gasteiger partial charge in [-0.05, 0) is 12.5 Å². The first-order chi connectivity index (χ1) is 11.5. The molecule has 2 N–H and O–H groups in total. The van der Waals surface area contributed by atoms with Crippen molar-refractivity contribution in [2.45, 2.75) is 22.4 Å². The molecule has 1 aliphatic rings. The fourth-order valence-electron chi connectivity index (χ4n) is 2.41. The molecule has 1 saturated heterocycles. The van der Waals surface area contributed by atoms with E-state index in [-0.39, 0.29) is 17.1 Å². The third-order valence-corrected chi connectivity index (χ3v) is 6.01. The zero-order valence-corrected chi connectivity index (χ0v) is 15.7. The number of carbonyl (C=O) groups is 1. The Bertz CT molecular complexity index is 781. The molecule has 0 aliphatic carbocycles. The van der Waals surface area contributed by atoms with Crippen LogP contribution in [0.25, 0.3) is 0 Å². The maximum atomic E-state index is 12.4. The van der Waals surface area contributed by atoms with Gasteiger partial charge < -0.3 is 5.32 Å². The summed E-state index contributed by atoms with van der Waals surface area (Å²) in [4.78, 5) is 22.7. The molecule has 12 heteroatoms. The number of rotatable bonds is 5. The molecule has 0 spiro atoms. The van der Waals surface area contributed by atoms with Crippen LogP contribution in [-0.2, 0) is 9.84 Å². The predicted octanol–water partition coefficient (Wildman–Crippen LogP) is 1.80. The van der Waals surface area contributed by atoms with Crippen molar-refractivity contribution in [3.8, 4) is 0 Å². The minimum atomic E-state index is -3.18. The van der Waals surface area contributed by atoms with Gasteiger partial charge in [-0.25, -0.2) is 8.42 Å². The van der Waals surface area contributed by atoms with Gasteiger partial charge in [-0.15, -0.1) is 0 Å². The Hall–Kier alpha value is -1.13. The zero-order chi connectivity index (χ0) is 18.8. The summed E-state index contributed by atoms with van der Waals surface area (Å²) in [5.74, 6) is -0.974. The normalized spacial score (nSPS) is 20.8. The van der Waals surface area contributed by atoms with Crippen molar-refractivity contribution in [1.82, 2.24) is 10.6 Å². The largest absolute Gasteiger partial charge is 0.332 e. The number of benzene rings is 1. The highest BCUT2D eigenvalue weighted by atomic mass is 35.6. The lowest BCUT2D eigenvalue weighted by Gasteiger charge is -2.29. The molecule has 0 saturated carbocycles. The molecular weight excluding hydrogens is 417 g/mol. The number of nitrogens with one attached hydrogen (secondary N) is 2. The van der Waals surface area contributed by atoms with Crippen molar-refractivity contribution >= 4 is 56.2 Å². The van der Waals surface area contributed by atoms with Gasteiger partial charge in [0.05, 0.1) is 16.4 Å². The number of hydrogen-bond acceptors (Lipinski definition) is 6. The van der Waals surface area contributed by atoms with Gasteiger partial charge in [0.25, 0.3) is 11.6 Å². The van der Waals surface area contributed by atoms with Crippen LogP contribution < -0.4 is 10.6 Å². The number of halogens is 3. The summed E-state index contributed by atoms with van der Waals surface area (Å²) in [7, 11) is -3.18. The molecule has 2 rings (SSSR count). The average molecular weight is 431 g/mol. The Morgan fingerprint density at radius 3 is 2.48 bits per heavy atom. The minimum Gasteiger partial charge on any atom is -0.332 e. The highest BCUT2D eigenvalue weighted by Crippen LogP contribution is 2.30. The summed E-state index contributed by atoms with van der Waals surface area (Å²) in [5.41, 5.74) is -0.598. The molecule has 25 heavy (non-hydrogen) atoms. The Balaban J connectivity index is 2.18. The van der Waals surface area contributed by atoms with Gasteiger partial charge in [-0.2, -0.15) is 0 Å². The van der Waals surface area contributed by atoms with Gasteiger partial charge in [0.2, 0.25) is 3.79 Å². The van der Waals surface area contributed by atoms with Crippen molar-refractivity contribution in [2.75, 3.05) is 11.5 Å². The highest BCUT2D eigenvalue weighted by Gasteiger charge is 2.39. The number of nitro benzene ring substituents is 1. The number of nitrogens with zero attached hydrogens (tertiary/aromatic N) is 1. The lowest BCUT2D eigenvalue weighted by Crippen LogP contribution is -2.56. The second-order valence-electron chi connectivity index (χ2n) is 5.49. The zero-order valence-electron chi connectivity index (χ0n) is 12.6. The van der Waals surface area contributed by atoms with Gasteiger partial charge in [-0.3, -0.25) is 20.2 Å². The smallest absolute Gasteiger partial charge is 0.282 e. The van der Waals surface area contributed by atoms with E-state index in [4.69, 9.17) is 34.8 Å². The van der Waals surface area contributed by atoms with Gasteiger partial charge >= 0.3 is 0 Å². The minimum absolute atomic E-state index is 0.00462. The molecule has 138 valence electrons. The molecule has 2 atom stereocenters. The van der Waals surface area contributed by atoms with Crippen molar-refractivity contribution in [2.24, 2.45) is 0 Å². The predicted molar refractivity (Wildman–Crippen MR) is 94.8 cm³/mol. The number of carbonyl (C=O) groups excluding carboxylic acids is 1. The van der Waals surface area contributed by atoms with E-state index in [1.165, 1.54) is 24.3 Å². The van der Waals surface area contributed by atoms with Crippen molar-refractivity contribution in [3.05, 3.63) is 39.9 Å². The maximum absolute atomic E-state index is 12.4. The summed E-state index contributed by atoms with van der Waals surface area (Å²) in [6, 6.07) is 4.82. The fourth-order valence-corrected chi connectivity index (χ4v) is 4.45. The third kappa shape index (κ3) is 5.42. The van der Waals surface area contributed by atoms with E-state index in [2.05, 4.69) is 10.6 Å². The van der Waals surface area contributed by atoms with E-state index in [0.29, 0.717) is 6.42 Å². The van der Waals surface area contributed by atoms with Gasteiger partial charge in [0.15, 0.2) is 9.84 Å². The molecule has 0 radical (unpaired) electrons. The molecule has 0 unspecified atom stereocenters. The Morgan fingerprint density at radius 1 is 1.32 bits per heavy atom. The molecule has 1 aliphatic heterocycles. The number of hydrogen-bond donors (Lipinski definition) is 2. The second-order valence-corrected chi connectivity index (χ2v) is 10.1. The first kappa shape index (κ1) is 20.2. The Kier molecular flexibility index (Phi) is 6.16. The standard InChI is InChI=1S/C13H14Cl3N3O5S/c14-13(15,16)12(17-8-5-6-25(23,24)7-8)18-11(20)9-3-1-2-4-10(9)19(21)22/h1-4,8,12,17H,5-7H2,(H,18,20)/t8-,12+/m1/s1. The van der Waals surface area contributed by atoms with E-state index in [9.17, 15) is 23.3 Å². The molecular formula is C13H14Cl3N3O5S. The fraction of sp³-hybridized carbons (Fsp3) is 0.462. The van der Waals surface area contributed by atoms with Crippen LogP contribution in [0.2, 0.25) is 0 Å². The number of amides is 1. The van der Waals surface area contributed by atoms with Crippen LogP contribution in [-0.4, -0.2) is 46.8 Å². The van der Waals surface area contributed by atoms with E-state index >= 15 is 0 Å². The first-order valence-corrected chi connectivity index (χ1v) is 10.0. The summed E-state index contributed by atoms with van der Waals surface area (Å²) in [6.45, 7) is 0. The van der Waals surface area contributed by atoms with E-state index in [1.54, 1.807) is 0 Å². The topological polar surface area (TPSA) is 118 Å². The molecule has 1 aromatic rings. The van der Waals surface area contributed by atoms with Crippen LogP contribution in [0, 0.1) is 10.1 Å². The van der Waals surface area contributed by atoms with Crippen molar-refractivity contribution in [3.63, 3.8) is 0 Å². The highest BCUT2D eigenvalue weighted by molar-refractivity contribution is 7.91. The van der Waals surface area contributed by atoms with Crippen molar-refractivity contribution < 1.29 is 18.1 Å². The molecule has 0 bridgehead atoms. The molecule has 8 nitrogen and oxygen atoms in total. The Labute approximate surface area is 158 Å². The Morgan fingerprint density at radius 2 is 1.96 bits per heavy atom. The van der Waals surface area contributed by atoms with Crippen LogP contribution in [0.4, 0.5) is 5.69 Å². The first-order valence-electron chi connectivity index (χ1n) is 7.07. The van der Waals surface area contributed by atoms with Gasteiger partial charge in [-0.1, -0.05) is 46.9 Å². The maximum Gasteiger partial charge on any atom is 0.282 e. The quantitative estimate of drug-likeness (QED) is 0.318. The second kappa shape index (κ2) is 7.63. The van der Waals surface area contributed by atoms with E-state index in [1.807, 2.05) is 0 Å².